The zero-order valence-electron chi connectivity index (χ0n) is 10.7. The Bertz CT molecular complexity index is 721. The summed E-state index contributed by atoms with van der Waals surface area (Å²) in [5, 5.41) is 20.8. The summed E-state index contributed by atoms with van der Waals surface area (Å²) < 4.78 is 1.90. The van der Waals surface area contributed by atoms with Crippen molar-refractivity contribution in [1.82, 2.24) is 9.55 Å². The summed E-state index contributed by atoms with van der Waals surface area (Å²) in [6.45, 7) is -0.00441. The van der Waals surface area contributed by atoms with Gasteiger partial charge in [0.25, 0.3) is 0 Å². The van der Waals surface area contributed by atoms with Crippen LogP contribution in [0.4, 0.5) is 5.69 Å². The molecule has 0 saturated carbocycles. The quantitative estimate of drug-likeness (QED) is 0.638. The van der Waals surface area contributed by atoms with Crippen molar-refractivity contribution in [1.29, 1.82) is 0 Å². The second-order valence-electron chi connectivity index (χ2n) is 4.57. The minimum atomic E-state index is -0.826. The smallest absolute Gasteiger partial charge is 0.151 e. The maximum absolute atomic E-state index is 9.75. The third kappa shape index (κ3) is 2.18. The van der Waals surface area contributed by atoms with E-state index in [4.69, 9.17) is 10.8 Å². The molecule has 0 aliphatic heterocycles. The van der Waals surface area contributed by atoms with Crippen molar-refractivity contribution in [2.75, 3.05) is 12.3 Å². The van der Waals surface area contributed by atoms with Gasteiger partial charge in [0.15, 0.2) is 5.82 Å². The average molecular weight is 289 g/mol. The van der Waals surface area contributed by atoms with Gasteiger partial charge in [0.2, 0.25) is 0 Å². The van der Waals surface area contributed by atoms with E-state index in [2.05, 4.69) is 4.98 Å². The molecule has 0 spiro atoms. The summed E-state index contributed by atoms with van der Waals surface area (Å²) in [6.07, 6.45) is -0.826. The normalized spacial score (nSPS) is 12.9. The van der Waals surface area contributed by atoms with Gasteiger partial charge in [-0.15, -0.1) is 11.3 Å². The van der Waals surface area contributed by atoms with Crippen LogP contribution in [0.15, 0.2) is 35.7 Å². The standard InChI is InChI=1S/C14H15N3O2S/c15-10-3-1-4-11-13(10)16-14(12-5-2-6-20-12)17(11)7-9(19)8-18/h1-6,9,18-19H,7-8,15H2. The van der Waals surface area contributed by atoms with Gasteiger partial charge in [-0.25, -0.2) is 4.98 Å². The van der Waals surface area contributed by atoms with Crippen LogP contribution in [0.5, 0.6) is 0 Å². The molecule has 1 aromatic carbocycles. The molecule has 3 rings (SSSR count). The minimum Gasteiger partial charge on any atom is -0.397 e. The average Bonchev–Trinajstić information content (AvgIpc) is 3.07. The van der Waals surface area contributed by atoms with Gasteiger partial charge >= 0.3 is 0 Å². The Morgan fingerprint density at radius 1 is 1.30 bits per heavy atom. The number of benzene rings is 1. The van der Waals surface area contributed by atoms with Crippen LogP contribution >= 0.6 is 11.3 Å². The van der Waals surface area contributed by atoms with Crippen LogP contribution in [-0.2, 0) is 6.54 Å². The lowest BCUT2D eigenvalue weighted by atomic mass is 10.2. The zero-order chi connectivity index (χ0) is 14.1. The number of rotatable bonds is 4. The van der Waals surface area contributed by atoms with Crippen LogP contribution in [0.25, 0.3) is 21.7 Å². The van der Waals surface area contributed by atoms with Gasteiger partial charge in [0, 0.05) is 0 Å². The number of nitrogens with two attached hydrogens (primary N) is 1. The second-order valence-corrected chi connectivity index (χ2v) is 5.52. The zero-order valence-corrected chi connectivity index (χ0v) is 11.5. The lowest BCUT2D eigenvalue weighted by molar-refractivity contribution is 0.0825. The van der Waals surface area contributed by atoms with Gasteiger partial charge in [-0.2, -0.15) is 0 Å². The topological polar surface area (TPSA) is 84.3 Å². The molecule has 104 valence electrons. The van der Waals surface area contributed by atoms with Crippen molar-refractivity contribution in [3.63, 3.8) is 0 Å². The van der Waals surface area contributed by atoms with Crippen molar-refractivity contribution in [2.45, 2.75) is 12.6 Å². The number of nitrogens with zero attached hydrogens (tertiary/aromatic N) is 2. The third-order valence-corrected chi connectivity index (χ3v) is 4.02. The number of hydrogen-bond donors (Lipinski definition) is 3. The summed E-state index contributed by atoms with van der Waals surface area (Å²) in [7, 11) is 0. The fourth-order valence-corrected chi connectivity index (χ4v) is 2.94. The first-order valence-electron chi connectivity index (χ1n) is 6.28. The van der Waals surface area contributed by atoms with Gasteiger partial charge in [-0.3, -0.25) is 0 Å². The highest BCUT2D eigenvalue weighted by Crippen LogP contribution is 2.30. The Labute approximate surface area is 119 Å². The Morgan fingerprint density at radius 2 is 2.15 bits per heavy atom. The van der Waals surface area contributed by atoms with E-state index in [9.17, 15) is 5.11 Å². The number of anilines is 1. The molecule has 4 N–H and O–H groups in total. The molecule has 0 bridgehead atoms. The molecule has 3 aromatic rings. The Morgan fingerprint density at radius 3 is 2.85 bits per heavy atom. The summed E-state index contributed by atoms with van der Waals surface area (Å²) in [6, 6.07) is 9.51. The molecule has 1 atom stereocenters. The maximum Gasteiger partial charge on any atom is 0.151 e. The first-order valence-corrected chi connectivity index (χ1v) is 7.16. The van der Waals surface area contributed by atoms with Gasteiger partial charge in [0.05, 0.1) is 35.3 Å². The number of fused-ring (bicyclic) bond motifs is 1. The SMILES string of the molecule is Nc1cccc2c1nc(-c1cccs1)n2CC(O)CO. The molecule has 6 heteroatoms. The van der Waals surface area contributed by atoms with E-state index in [-0.39, 0.29) is 13.2 Å². The fourth-order valence-electron chi connectivity index (χ4n) is 2.22. The Hall–Kier alpha value is -1.89. The van der Waals surface area contributed by atoms with Gasteiger partial charge in [-0.05, 0) is 23.6 Å². The first-order chi connectivity index (χ1) is 9.70. The van der Waals surface area contributed by atoms with Crippen LogP contribution in [0.2, 0.25) is 0 Å². The first kappa shape index (κ1) is 13.1. The number of nitrogen functional groups attached to an aromatic ring is 1. The Balaban J connectivity index is 2.22. The molecule has 2 aromatic heterocycles. The van der Waals surface area contributed by atoms with Crippen LogP contribution in [0.1, 0.15) is 0 Å². The third-order valence-electron chi connectivity index (χ3n) is 3.16. The van der Waals surface area contributed by atoms with Crippen molar-refractivity contribution >= 4 is 28.1 Å². The lowest BCUT2D eigenvalue weighted by Gasteiger charge is -2.12. The Kier molecular flexibility index (Phi) is 3.43. The minimum absolute atomic E-state index is 0.281. The monoisotopic (exact) mass is 289 g/mol. The van der Waals surface area contributed by atoms with Gasteiger partial charge in [-0.1, -0.05) is 12.1 Å². The highest BCUT2D eigenvalue weighted by molar-refractivity contribution is 7.13. The number of aromatic nitrogens is 2. The van der Waals surface area contributed by atoms with Crippen molar-refractivity contribution < 1.29 is 10.2 Å². The van der Waals surface area contributed by atoms with E-state index in [1.54, 1.807) is 17.4 Å². The van der Waals surface area contributed by atoms with Crippen LogP contribution < -0.4 is 5.73 Å². The van der Waals surface area contributed by atoms with Crippen molar-refractivity contribution in [3.05, 3.63) is 35.7 Å². The molecule has 2 heterocycles. The van der Waals surface area contributed by atoms with Crippen molar-refractivity contribution in [2.24, 2.45) is 0 Å². The number of aliphatic hydroxyl groups is 2. The van der Waals surface area contributed by atoms with E-state index in [0.717, 1.165) is 21.7 Å². The maximum atomic E-state index is 9.75. The van der Waals surface area contributed by atoms with Gasteiger partial charge < -0.3 is 20.5 Å². The molecule has 0 fully saturated rings. The number of imidazole rings is 1. The van der Waals surface area contributed by atoms with E-state index in [0.29, 0.717) is 5.69 Å². The molecule has 0 aliphatic rings. The lowest BCUT2D eigenvalue weighted by Crippen LogP contribution is -2.20. The highest BCUT2D eigenvalue weighted by Gasteiger charge is 2.17. The molecule has 0 radical (unpaired) electrons. The van der Waals surface area contributed by atoms with E-state index in [1.807, 2.05) is 34.2 Å². The molecule has 0 amide bonds. The molecule has 0 saturated heterocycles. The number of hydrogen-bond acceptors (Lipinski definition) is 5. The number of para-hydroxylation sites is 1. The molecule has 0 aliphatic carbocycles. The number of aliphatic hydroxyl groups excluding tert-OH is 2. The predicted molar refractivity (Wildman–Crippen MR) is 80.6 cm³/mol. The van der Waals surface area contributed by atoms with E-state index < -0.39 is 6.10 Å². The van der Waals surface area contributed by atoms with Crippen LogP contribution in [-0.4, -0.2) is 32.5 Å². The van der Waals surface area contributed by atoms with Crippen molar-refractivity contribution in [3.8, 4) is 10.7 Å². The van der Waals surface area contributed by atoms with E-state index >= 15 is 0 Å². The second kappa shape index (κ2) is 5.24. The molecule has 5 nitrogen and oxygen atoms in total. The summed E-state index contributed by atoms with van der Waals surface area (Å²) >= 11 is 1.58. The predicted octanol–water partition coefficient (Wildman–Crippen LogP) is 1.70. The number of thiophene rings is 1. The van der Waals surface area contributed by atoms with Crippen LogP contribution in [0.3, 0.4) is 0 Å². The largest absolute Gasteiger partial charge is 0.397 e. The summed E-state index contributed by atoms with van der Waals surface area (Å²) in [5.74, 6) is 0.764. The summed E-state index contributed by atoms with van der Waals surface area (Å²) in [4.78, 5) is 5.60. The van der Waals surface area contributed by atoms with Crippen LogP contribution in [0, 0.1) is 0 Å². The molecular weight excluding hydrogens is 274 g/mol. The van der Waals surface area contributed by atoms with Gasteiger partial charge in [0.1, 0.15) is 5.52 Å². The molecule has 20 heavy (non-hydrogen) atoms. The van der Waals surface area contributed by atoms with E-state index in [1.165, 1.54) is 0 Å². The summed E-state index contributed by atoms with van der Waals surface area (Å²) in [5.41, 5.74) is 8.16. The molecular formula is C14H15N3O2S. The molecule has 1 unspecified atom stereocenters. The highest BCUT2D eigenvalue weighted by atomic mass is 32.1. The fraction of sp³-hybridized carbons (Fsp3) is 0.214.